The highest BCUT2D eigenvalue weighted by atomic mass is 16.3. The van der Waals surface area contributed by atoms with E-state index in [1.54, 1.807) is 30.6 Å². The molecule has 120 valence electrons. The van der Waals surface area contributed by atoms with Crippen LogP contribution in [-0.2, 0) is 0 Å². The molecule has 0 aromatic carbocycles. The Morgan fingerprint density at radius 3 is 2.74 bits per heavy atom. The average Bonchev–Trinajstić information content (AvgIpc) is 3.15. The minimum atomic E-state index is -0.102. The topological polar surface area (TPSA) is 75.4 Å². The zero-order valence-electron chi connectivity index (χ0n) is 12.8. The molecule has 2 aromatic heterocycles. The minimum Gasteiger partial charge on any atom is -0.472 e. The highest BCUT2D eigenvalue weighted by Crippen LogP contribution is 2.18. The van der Waals surface area contributed by atoms with Crippen molar-refractivity contribution in [2.45, 2.75) is 12.8 Å². The Morgan fingerprint density at radius 2 is 2.09 bits per heavy atom. The van der Waals surface area contributed by atoms with Gasteiger partial charge in [0.25, 0.3) is 11.8 Å². The maximum absolute atomic E-state index is 12.2. The van der Waals surface area contributed by atoms with E-state index in [1.165, 1.54) is 12.5 Å². The van der Waals surface area contributed by atoms with Crippen LogP contribution in [0.4, 0.5) is 0 Å². The predicted molar refractivity (Wildman–Crippen MR) is 83.9 cm³/mol. The van der Waals surface area contributed by atoms with Gasteiger partial charge in [-0.1, -0.05) is 0 Å². The van der Waals surface area contributed by atoms with Crippen LogP contribution in [0.5, 0.6) is 0 Å². The molecule has 0 unspecified atom stereocenters. The Balaban J connectivity index is 1.44. The first kappa shape index (κ1) is 15.3. The van der Waals surface area contributed by atoms with E-state index in [0.717, 1.165) is 12.8 Å². The van der Waals surface area contributed by atoms with Gasteiger partial charge in [-0.05, 0) is 37.0 Å². The van der Waals surface area contributed by atoms with Crippen LogP contribution in [0.1, 0.15) is 33.6 Å². The van der Waals surface area contributed by atoms with E-state index in [-0.39, 0.29) is 11.8 Å². The third kappa shape index (κ3) is 3.77. The van der Waals surface area contributed by atoms with E-state index in [0.29, 0.717) is 36.7 Å². The predicted octanol–water partition coefficient (Wildman–Crippen LogP) is 1.96. The Hall–Kier alpha value is -2.63. The van der Waals surface area contributed by atoms with Crippen LogP contribution < -0.4 is 5.32 Å². The fourth-order valence-corrected chi connectivity index (χ4v) is 2.75. The van der Waals surface area contributed by atoms with Crippen molar-refractivity contribution in [3.05, 3.63) is 54.2 Å². The number of carbonyl (C=O) groups excluding carboxylic acids is 2. The average molecular weight is 313 g/mol. The monoisotopic (exact) mass is 313 g/mol. The summed E-state index contributed by atoms with van der Waals surface area (Å²) in [5.74, 6) is 0.301. The van der Waals surface area contributed by atoms with Gasteiger partial charge in [0.2, 0.25) is 0 Å². The number of hydrogen-bond donors (Lipinski definition) is 1. The number of hydrogen-bond acceptors (Lipinski definition) is 4. The molecule has 1 aliphatic heterocycles. The van der Waals surface area contributed by atoms with Crippen LogP contribution in [0.15, 0.2) is 47.5 Å². The first-order chi connectivity index (χ1) is 11.2. The van der Waals surface area contributed by atoms with Crippen LogP contribution in [0.3, 0.4) is 0 Å². The number of amides is 2. The SMILES string of the molecule is O=C(NCC1CCN(C(=O)c2ccoc2)CC1)c1cccnc1. The Morgan fingerprint density at radius 1 is 1.26 bits per heavy atom. The molecule has 6 heteroatoms. The fraction of sp³-hybridized carbons (Fsp3) is 0.353. The molecule has 23 heavy (non-hydrogen) atoms. The highest BCUT2D eigenvalue weighted by molar-refractivity contribution is 5.94. The van der Waals surface area contributed by atoms with Gasteiger partial charge in [-0.3, -0.25) is 14.6 Å². The number of likely N-dealkylation sites (tertiary alicyclic amines) is 1. The van der Waals surface area contributed by atoms with Crippen LogP contribution in [0, 0.1) is 5.92 Å². The molecule has 0 saturated carbocycles. The molecule has 0 radical (unpaired) electrons. The Bertz CT molecular complexity index is 647. The van der Waals surface area contributed by atoms with Gasteiger partial charge in [-0.2, -0.15) is 0 Å². The third-order valence-electron chi connectivity index (χ3n) is 4.14. The summed E-state index contributed by atoms with van der Waals surface area (Å²) in [5, 5.41) is 2.94. The number of nitrogens with one attached hydrogen (secondary N) is 1. The zero-order chi connectivity index (χ0) is 16.1. The lowest BCUT2D eigenvalue weighted by Crippen LogP contribution is -2.41. The molecule has 2 amide bonds. The van der Waals surface area contributed by atoms with Crippen LogP contribution in [0.25, 0.3) is 0 Å². The summed E-state index contributed by atoms with van der Waals surface area (Å²) < 4.78 is 4.95. The second kappa shape index (κ2) is 7.09. The molecule has 0 spiro atoms. The molecule has 0 atom stereocenters. The number of piperidine rings is 1. The van der Waals surface area contributed by atoms with E-state index in [1.807, 2.05) is 4.90 Å². The summed E-state index contributed by atoms with van der Waals surface area (Å²) in [7, 11) is 0. The summed E-state index contributed by atoms with van der Waals surface area (Å²) in [6.07, 6.45) is 7.95. The van der Waals surface area contributed by atoms with Crippen molar-refractivity contribution in [2.24, 2.45) is 5.92 Å². The van der Waals surface area contributed by atoms with Crippen molar-refractivity contribution in [1.29, 1.82) is 0 Å². The van der Waals surface area contributed by atoms with Gasteiger partial charge in [0.1, 0.15) is 6.26 Å². The Kier molecular flexibility index (Phi) is 4.71. The lowest BCUT2D eigenvalue weighted by Gasteiger charge is -2.31. The van der Waals surface area contributed by atoms with Crippen molar-refractivity contribution >= 4 is 11.8 Å². The van der Waals surface area contributed by atoms with Gasteiger partial charge in [-0.25, -0.2) is 0 Å². The summed E-state index contributed by atoms with van der Waals surface area (Å²) >= 11 is 0. The number of furan rings is 1. The number of nitrogens with zero attached hydrogens (tertiary/aromatic N) is 2. The van der Waals surface area contributed by atoms with Gasteiger partial charge in [0.15, 0.2) is 0 Å². The van der Waals surface area contributed by atoms with Crippen molar-refractivity contribution in [2.75, 3.05) is 19.6 Å². The summed E-state index contributed by atoms with van der Waals surface area (Å²) in [6, 6.07) is 5.17. The number of aromatic nitrogens is 1. The van der Waals surface area contributed by atoms with Crippen molar-refractivity contribution < 1.29 is 14.0 Å². The minimum absolute atomic E-state index is 0.0107. The quantitative estimate of drug-likeness (QED) is 0.936. The number of rotatable bonds is 4. The van der Waals surface area contributed by atoms with Crippen molar-refractivity contribution in [3.8, 4) is 0 Å². The fourth-order valence-electron chi connectivity index (χ4n) is 2.75. The van der Waals surface area contributed by atoms with Crippen LogP contribution in [-0.4, -0.2) is 41.3 Å². The van der Waals surface area contributed by atoms with E-state index in [4.69, 9.17) is 4.42 Å². The smallest absolute Gasteiger partial charge is 0.257 e. The molecule has 3 heterocycles. The maximum atomic E-state index is 12.2. The highest BCUT2D eigenvalue weighted by Gasteiger charge is 2.24. The van der Waals surface area contributed by atoms with Gasteiger partial charge < -0.3 is 14.6 Å². The molecule has 1 fully saturated rings. The van der Waals surface area contributed by atoms with Crippen molar-refractivity contribution in [3.63, 3.8) is 0 Å². The molecule has 0 bridgehead atoms. The second-order valence-electron chi connectivity index (χ2n) is 5.70. The van der Waals surface area contributed by atoms with Crippen molar-refractivity contribution in [1.82, 2.24) is 15.2 Å². The van der Waals surface area contributed by atoms with E-state index in [9.17, 15) is 9.59 Å². The summed E-state index contributed by atoms with van der Waals surface area (Å²) in [6.45, 7) is 2.04. The molecular formula is C17H19N3O3. The first-order valence-electron chi connectivity index (χ1n) is 7.74. The van der Waals surface area contributed by atoms with Gasteiger partial charge >= 0.3 is 0 Å². The molecule has 3 rings (SSSR count). The number of carbonyl (C=O) groups is 2. The maximum Gasteiger partial charge on any atom is 0.257 e. The zero-order valence-corrected chi connectivity index (χ0v) is 12.8. The largest absolute Gasteiger partial charge is 0.472 e. The van der Waals surface area contributed by atoms with Gasteiger partial charge in [0.05, 0.1) is 17.4 Å². The number of pyridine rings is 1. The van der Waals surface area contributed by atoms with Gasteiger partial charge in [-0.15, -0.1) is 0 Å². The lowest BCUT2D eigenvalue weighted by molar-refractivity contribution is 0.0683. The Labute approximate surface area is 134 Å². The molecule has 6 nitrogen and oxygen atoms in total. The lowest BCUT2D eigenvalue weighted by atomic mass is 9.96. The molecule has 2 aromatic rings. The molecular weight excluding hydrogens is 294 g/mol. The molecule has 1 saturated heterocycles. The second-order valence-corrected chi connectivity index (χ2v) is 5.70. The first-order valence-corrected chi connectivity index (χ1v) is 7.74. The molecule has 0 aliphatic carbocycles. The van der Waals surface area contributed by atoms with Crippen LogP contribution >= 0.6 is 0 Å². The molecule has 1 aliphatic rings. The summed E-state index contributed by atoms with van der Waals surface area (Å²) in [4.78, 5) is 30.0. The van der Waals surface area contributed by atoms with E-state index < -0.39 is 0 Å². The standard InChI is InChI=1S/C17H19N3O3/c21-16(14-2-1-6-18-11-14)19-10-13-3-7-20(8-4-13)17(22)15-5-9-23-12-15/h1-2,5-6,9,11-13H,3-4,7-8,10H2,(H,19,21). The third-order valence-corrected chi connectivity index (χ3v) is 4.14. The van der Waals surface area contributed by atoms with E-state index >= 15 is 0 Å². The normalized spacial score (nSPS) is 15.4. The summed E-state index contributed by atoms with van der Waals surface area (Å²) in [5.41, 5.74) is 1.16. The van der Waals surface area contributed by atoms with Gasteiger partial charge in [0, 0.05) is 32.0 Å². The van der Waals surface area contributed by atoms with E-state index in [2.05, 4.69) is 10.3 Å². The molecule has 1 N–H and O–H groups in total. The van der Waals surface area contributed by atoms with Crippen LogP contribution in [0.2, 0.25) is 0 Å².